The molecule has 0 aromatic heterocycles. The Hall–Kier alpha value is -0.0900. The van der Waals surface area contributed by atoms with Crippen molar-refractivity contribution in [3.8, 4) is 0 Å². The molecular weight excluding hydrogens is 210 g/mol. The summed E-state index contributed by atoms with van der Waals surface area (Å²) in [5.41, 5.74) is 5.92. The Morgan fingerprint density at radius 3 is 2.07 bits per heavy atom. The van der Waals surface area contributed by atoms with E-state index in [0.29, 0.717) is 6.42 Å². The van der Waals surface area contributed by atoms with Crippen molar-refractivity contribution in [3.05, 3.63) is 0 Å². The molecule has 0 aliphatic carbocycles. The first kappa shape index (κ1) is 14.9. The van der Waals surface area contributed by atoms with Gasteiger partial charge in [-0.15, -0.1) is 0 Å². The highest BCUT2D eigenvalue weighted by Gasteiger charge is 2.29. The number of hydrogen-bond acceptors (Lipinski definition) is 3. The Morgan fingerprint density at radius 1 is 1.20 bits per heavy atom. The third kappa shape index (κ3) is 4.98. The molecule has 3 nitrogen and oxygen atoms in total. The maximum atomic E-state index is 12.0. The van der Waals surface area contributed by atoms with E-state index in [4.69, 9.17) is 5.73 Å². The zero-order valence-corrected chi connectivity index (χ0v) is 11.2. The van der Waals surface area contributed by atoms with Crippen molar-refractivity contribution in [3.63, 3.8) is 0 Å². The van der Waals surface area contributed by atoms with Gasteiger partial charge in [-0.3, -0.25) is 0 Å². The minimum absolute atomic E-state index is 0.179. The average Bonchev–Trinajstić information content (AvgIpc) is 2.01. The van der Waals surface area contributed by atoms with Gasteiger partial charge >= 0.3 is 0 Å². The fraction of sp³-hybridized carbons (Fsp3) is 1.00. The van der Waals surface area contributed by atoms with E-state index in [1.54, 1.807) is 0 Å². The monoisotopic (exact) mass is 235 g/mol. The van der Waals surface area contributed by atoms with Crippen LogP contribution in [0.5, 0.6) is 0 Å². The highest BCUT2D eigenvalue weighted by Crippen LogP contribution is 2.16. The molecule has 15 heavy (non-hydrogen) atoms. The average molecular weight is 235 g/mol. The molecular formula is C11H25NO2S. The van der Waals surface area contributed by atoms with Crippen LogP contribution in [0.2, 0.25) is 0 Å². The number of nitrogens with two attached hydrogens (primary N) is 1. The van der Waals surface area contributed by atoms with Gasteiger partial charge in [-0.25, -0.2) is 8.42 Å². The summed E-state index contributed by atoms with van der Waals surface area (Å²) in [5, 5.41) is -0.361. The molecule has 2 unspecified atom stereocenters. The Labute approximate surface area is 94.4 Å². The van der Waals surface area contributed by atoms with E-state index in [2.05, 4.69) is 0 Å². The summed E-state index contributed by atoms with van der Waals surface area (Å²) in [6.45, 7) is 7.78. The van der Waals surface area contributed by atoms with Crippen LogP contribution >= 0.6 is 0 Å². The van der Waals surface area contributed by atoms with E-state index in [1.165, 1.54) is 0 Å². The smallest absolute Gasteiger partial charge is 0.154 e. The highest BCUT2D eigenvalue weighted by molar-refractivity contribution is 7.92. The fourth-order valence-electron chi connectivity index (χ4n) is 1.93. The molecule has 0 spiro atoms. The molecule has 0 radical (unpaired) electrons. The van der Waals surface area contributed by atoms with Crippen LogP contribution in [0.3, 0.4) is 0 Å². The summed E-state index contributed by atoms with van der Waals surface area (Å²) in [6, 6.07) is -0.205. The molecule has 2 atom stereocenters. The van der Waals surface area contributed by atoms with Crippen LogP contribution in [0.15, 0.2) is 0 Å². The first-order valence-corrected chi connectivity index (χ1v) is 7.53. The summed E-state index contributed by atoms with van der Waals surface area (Å²) in [4.78, 5) is 0. The summed E-state index contributed by atoms with van der Waals surface area (Å²) in [6.07, 6.45) is 2.35. The Kier molecular flexibility index (Phi) is 6.44. The standard InChI is InChI=1S/C11H25NO2S/c1-5-7-10(12)11(6-2)15(13,14)8-9(3)4/h9-11H,5-8,12H2,1-4H3. The van der Waals surface area contributed by atoms with E-state index in [-0.39, 0.29) is 23.0 Å². The quantitative estimate of drug-likeness (QED) is 0.734. The van der Waals surface area contributed by atoms with E-state index in [9.17, 15) is 8.42 Å². The van der Waals surface area contributed by atoms with Gasteiger partial charge in [-0.05, 0) is 18.8 Å². The van der Waals surface area contributed by atoms with Crippen LogP contribution in [-0.2, 0) is 9.84 Å². The molecule has 0 aromatic rings. The second-order valence-electron chi connectivity index (χ2n) is 4.62. The van der Waals surface area contributed by atoms with E-state index in [1.807, 2.05) is 27.7 Å². The van der Waals surface area contributed by atoms with Crippen molar-refractivity contribution in [2.75, 3.05) is 5.75 Å². The van der Waals surface area contributed by atoms with Crippen molar-refractivity contribution >= 4 is 9.84 Å². The van der Waals surface area contributed by atoms with Crippen molar-refractivity contribution in [1.82, 2.24) is 0 Å². The van der Waals surface area contributed by atoms with Gasteiger partial charge in [0, 0.05) is 6.04 Å². The van der Waals surface area contributed by atoms with Crippen LogP contribution in [0.4, 0.5) is 0 Å². The molecule has 4 heteroatoms. The first-order chi connectivity index (χ1) is 6.85. The minimum Gasteiger partial charge on any atom is -0.327 e. The SMILES string of the molecule is CCCC(N)C(CC)S(=O)(=O)CC(C)C. The van der Waals surface area contributed by atoms with Gasteiger partial charge < -0.3 is 5.73 Å². The zero-order valence-electron chi connectivity index (χ0n) is 10.4. The maximum absolute atomic E-state index is 12.0. The van der Waals surface area contributed by atoms with Gasteiger partial charge in [-0.1, -0.05) is 34.1 Å². The fourth-order valence-corrected chi connectivity index (χ4v) is 4.28. The second-order valence-corrected chi connectivity index (χ2v) is 6.89. The van der Waals surface area contributed by atoms with Crippen LogP contribution < -0.4 is 5.73 Å². The number of rotatable bonds is 7. The van der Waals surface area contributed by atoms with Crippen LogP contribution in [-0.4, -0.2) is 25.5 Å². The molecule has 2 N–H and O–H groups in total. The lowest BCUT2D eigenvalue weighted by Crippen LogP contribution is -2.41. The summed E-state index contributed by atoms with van der Waals surface area (Å²) >= 11 is 0. The third-order valence-corrected chi connectivity index (χ3v) is 5.27. The molecule has 0 heterocycles. The molecule has 0 rings (SSSR count). The zero-order chi connectivity index (χ0) is 12.1. The van der Waals surface area contributed by atoms with Crippen LogP contribution in [0.25, 0.3) is 0 Å². The van der Waals surface area contributed by atoms with Gasteiger partial charge in [0.15, 0.2) is 9.84 Å². The summed E-state index contributed by atoms with van der Waals surface area (Å²) in [7, 11) is -3.02. The van der Waals surface area contributed by atoms with Crippen molar-refractivity contribution in [2.45, 2.75) is 58.2 Å². The molecule has 92 valence electrons. The molecule has 0 aliphatic heterocycles. The van der Waals surface area contributed by atoms with Crippen molar-refractivity contribution in [2.24, 2.45) is 11.7 Å². The van der Waals surface area contributed by atoms with Gasteiger partial charge in [0.05, 0.1) is 11.0 Å². The lowest BCUT2D eigenvalue weighted by molar-refractivity contribution is 0.510. The van der Waals surface area contributed by atoms with E-state index in [0.717, 1.165) is 12.8 Å². The Bertz CT molecular complexity index is 260. The molecule has 0 fully saturated rings. The minimum atomic E-state index is -3.02. The Balaban J connectivity index is 4.65. The third-order valence-electron chi connectivity index (χ3n) is 2.53. The van der Waals surface area contributed by atoms with Crippen molar-refractivity contribution < 1.29 is 8.42 Å². The normalized spacial score (nSPS) is 16.7. The lowest BCUT2D eigenvalue weighted by Gasteiger charge is -2.23. The largest absolute Gasteiger partial charge is 0.327 e. The van der Waals surface area contributed by atoms with Gasteiger partial charge in [0.2, 0.25) is 0 Å². The molecule has 0 aromatic carbocycles. The molecule has 0 saturated carbocycles. The number of hydrogen-bond donors (Lipinski definition) is 1. The molecule has 0 aliphatic rings. The molecule has 0 saturated heterocycles. The molecule has 0 amide bonds. The topological polar surface area (TPSA) is 60.2 Å². The van der Waals surface area contributed by atoms with Gasteiger partial charge in [0.1, 0.15) is 0 Å². The maximum Gasteiger partial charge on any atom is 0.154 e. The summed E-state index contributed by atoms with van der Waals surface area (Å²) in [5.74, 6) is 0.431. The number of sulfone groups is 1. The predicted octanol–water partition coefficient (Wildman–Crippen LogP) is 1.96. The van der Waals surface area contributed by atoms with Gasteiger partial charge in [0.25, 0.3) is 0 Å². The van der Waals surface area contributed by atoms with E-state index >= 15 is 0 Å². The highest BCUT2D eigenvalue weighted by atomic mass is 32.2. The van der Waals surface area contributed by atoms with E-state index < -0.39 is 9.84 Å². The van der Waals surface area contributed by atoms with Crippen molar-refractivity contribution in [1.29, 1.82) is 0 Å². The Morgan fingerprint density at radius 2 is 1.73 bits per heavy atom. The molecule has 0 bridgehead atoms. The van der Waals surface area contributed by atoms with Crippen LogP contribution in [0, 0.1) is 5.92 Å². The van der Waals surface area contributed by atoms with Crippen LogP contribution in [0.1, 0.15) is 47.0 Å². The lowest BCUT2D eigenvalue weighted by atomic mass is 10.1. The summed E-state index contributed by atoms with van der Waals surface area (Å²) < 4.78 is 24.0. The second kappa shape index (κ2) is 6.48. The van der Waals surface area contributed by atoms with Gasteiger partial charge in [-0.2, -0.15) is 0 Å². The first-order valence-electron chi connectivity index (χ1n) is 5.82. The predicted molar refractivity (Wildman–Crippen MR) is 65.6 cm³/mol.